The van der Waals surface area contributed by atoms with Crippen LogP contribution in [0.25, 0.3) is 11.0 Å². The number of hydrogen-bond donors (Lipinski definition) is 2. The van der Waals surface area contributed by atoms with Crippen molar-refractivity contribution in [1.82, 2.24) is 14.9 Å². The largest absolute Gasteiger partial charge is 0.345 e. The first-order valence-electron chi connectivity index (χ1n) is 6.93. The molecule has 1 aromatic heterocycles. The van der Waals surface area contributed by atoms with Crippen molar-refractivity contribution in [3.63, 3.8) is 0 Å². The van der Waals surface area contributed by atoms with Gasteiger partial charge in [0.15, 0.2) is 0 Å². The van der Waals surface area contributed by atoms with Gasteiger partial charge in [-0.05, 0) is 30.5 Å². The van der Waals surface area contributed by atoms with Gasteiger partial charge in [0.2, 0.25) is 0 Å². The van der Waals surface area contributed by atoms with Gasteiger partial charge < -0.3 is 15.6 Å². The first-order chi connectivity index (χ1) is 9.49. The number of rotatable bonds is 5. The summed E-state index contributed by atoms with van der Waals surface area (Å²) in [4.78, 5) is 21.2. The van der Waals surface area contributed by atoms with Crippen molar-refractivity contribution in [2.24, 2.45) is 11.7 Å². The Morgan fingerprint density at radius 1 is 1.45 bits per heavy atom. The predicted molar refractivity (Wildman–Crippen MR) is 80.5 cm³/mol. The fraction of sp³-hybridized carbons (Fsp3) is 0.467. The van der Waals surface area contributed by atoms with Gasteiger partial charge in [0, 0.05) is 25.2 Å². The second kappa shape index (κ2) is 6.05. The Morgan fingerprint density at radius 3 is 2.90 bits per heavy atom. The quantitative estimate of drug-likeness (QED) is 0.875. The lowest BCUT2D eigenvalue weighted by molar-refractivity contribution is 0.0789. The van der Waals surface area contributed by atoms with Gasteiger partial charge in [-0.1, -0.05) is 13.8 Å². The van der Waals surface area contributed by atoms with E-state index in [1.807, 2.05) is 25.2 Å². The first kappa shape index (κ1) is 14.5. The van der Waals surface area contributed by atoms with E-state index in [-0.39, 0.29) is 11.9 Å². The summed E-state index contributed by atoms with van der Waals surface area (Å²) in [5.41, 5.74) is 8.43. The Morgan fingerprint density at radius 2 is 2.20 bits per heavy atom. The van der Waals surface area contributed by atoms with E-state index < -0.39 is 0 Å². The normalized spacial score (nSPS) is 12.8. The van der Waals surface area contributed by atoms with Crippen LogP contribution in [-0.2, 0) is 0 Å². The molecule has 2 rings (SSSR count). The standard InChI is InChI=1S/C15H22N4O/c1-10(2)12(16)6-7-19(3)15(20)11-4-5-13-14(8-11)18-9-17-13/h4-5,8-10,12H,6-7,16H2,1-3H3,(H,17,18). The highest BCUT2D eigenvalue weighted by Gasteiger charge is 2.15. The number of imidazole rings is 1. The molecule has 0 bridgehead atoms. The van der Waals surface area contributed by atoms with Crippen LogP contribution in [-0.4, -0.2) is 40.4 Å². The lowest BCUT2D eigenvalue weighted by Gasteiger charge is -2.21. The Bertz CT molecular complexity index is 590. The Balaban J connectivity index is 2.02. The van der Waals surface area contributed by atoms with Gasteiger partial charge in [0.1, 0.15) is 0 Å². The second-order valence-corrected chi connectivity index (χ2v) is 5.56. The fourth-order valence-corrected chi connectivity index (χ4v) is 2.07. The fourth-order valence-electron chi connectivity index (χ4n) is 2.07. The van der Waals surface area contributed by atoms with Gasteiger partial charge in [0.25, 0.3) is 5.91 Å². The topological polar surface area (TPSA) is 75.0 Å². The van der Waals surface area contributed by atoms with E-state index in [2.05, 4.69) is 23.8 Å². The molecule has 5 nitrogen and oxygen atoms in total. The van der Waals surface area contributed by atoms with Gasteiger partial charge in [-0.3, -0.25) is 4.79 Å². The van der Waals surface area contributed by atoms with Gasteiger partial charge in [-0.25, -0.2) is 4.98 Å². The summed E-state index contributed by atoms with van der Waals surface area (Å²) >= 11 is 0. The molecule has 0 fully saturated rings. The van der Waals surface area contributed by atoms with Crippen molar-refractivity contribution in [2.45, 2.75) is 26.3 Å². The third kappa shape index (κ3) is 3.17. The number of fused-ring (bicyclic) bond motifs is 1. The number of hydrogen-bond acceptors (Lipinski definition) is 3. The van der Waals surface area contributed by atoms with E-state index in [4.69, 9.17) is 5.73 Å². The van der Waals surface area contributed by atoms with Crippen LogP contribution in [0, 0.1) is 5.92 Å². The van der Waals surface area contributed by atoms with Crippen LogP contribution in [0.5, 0.6) is 0 Å². The molecule has 2 aromatic rings. The van der Waals surface area contributed by atoms with Crippen molar-refractivity contribution in [2.75, 3.05) is 13.6 Å². The summed E-state index contributed by atoms with van der Waals surface area (Å²) in [6.45, 7) is 4.86. The van der Waals surface area contributed by atoms with Crippen molar-refractivity contribution in [3.05, 3.63) is 30.1 Å². The Labute approximate surface area is 119 Å². The zero-order valence-electron chi connectivity index (χ0n) is 12.3. The number of H-pyrrole nitrogens is 1. The highest BCUT2D eigenvalue weighted by molar-refractivity contribution is 5.97. The molecule has 108 valence electrons. The molecule has 0 saturated heterocycles. The molecule has 5 heteroatoms. The lowest BCUT2D eigenvalue weighted by atomic mass is 10.0. The molecule has 1 aromatic carbocycles. The Kier molecular flexibility index (Phi) is 4.39. The number of nitrogens with one attached hydrogen (secondary N) is 1. The number of aromatic nitrogens is 2. The number of nitrogens with two attached hydrogens (primary N) is 1. The predicted octanol–water partition coefficient (Wildman–Crippen LogP) is 2.01. The van der Waals surface area contributed by atoms with Crippen LogP contribution in [0.1, 0.15) is 30.6 Å². The molecule has 0 aliphatic rings. The summed E-state index contributed by atoms with van der Waals surface area (Å²) in [5, 5.41) is 0. The Hall–Kier alpha value is -1.88. The van der Waals surface area contributed by atoms with E-state index in [0.29, 0.717) is 18.0 Å². The summed E-state index contributed by atoms with van der Waals surface area (Å²) in [7, 11) is 1.81. The first-order valence-corrected chi connectivity index (χ1v) is 6.93. The lowest BCUT2D eigenvalue weighted by Crippen LogP contribution is -2.34. The molecule has 0 radical (unpaired) electrons. The van der Waals surface area contributed by atoms with E-state index in [1.165, 1.54) is 0 Å². The van der Waals surface area contributed by atoms with Gasteiger partial charge >= 0.3 is 0 Å². The number of carbonyl (C=O) groups excluding carboxylic acids is 1. The van der Waals surface area contributed by atoms with Crippen LogP contribution in [0.4, 0.5) is 0 Å². The SMILES string of the molecule is CC(C)C(N)CCN(C)C(=O)c1ccc2nc[nH]c2c1. The smallest absolute Gasteiger partial charge is 0.253 e. The van der Waals surface area contributed by atoms with Crippen molar-refractivity contribution in [1.29, 1.82) is 0 Å². The molecule has 1 amide bonds. The van der Waals surface area contributed by atoms with Gasteiger partial charge in [-0.2, -0.15) is 0 Å². The minimum atomic E-state index is 0.0115. The number of benzene rings is 1. The number of nitrogens with zero attached hydrogens (tertiary/aromatic N) is 2. The average molecular weight is 274 g/mol. The number of amides is 1. The molecule has 0 saturated carbocycles. The monoisotopic (exact) mass is 274 g/mol. The zero-order chi connectivity index (χ0) is 14.7. The van der Waals surface area contributed by atoms with Crippen LogP contribution in [0.2, 0.25) is 0 Å². The van der Waals surface area contributed by atoms with E-state index in [1.54, 1.807) is 11.2 Å². The minimum Gasteiger partial charge on any atom is -0.345 e. The maximum absolute atomic E-state index is 12.3. The van der Waals surface area contributed by atoms with Crippen LogP contribution in [0.3, 0.4) is 0 Å². The molecule has 3 N–H and O–H groups in total. The van der Waals surface area contributed by atoms with Crippen molar-refractivity contribution < 1.29 is 4.79 Å². The zero-order valence-corrected chi connectivity index (χ0v) is 12.3. The molecule has 0 aliphatic heterocycles. The van der Waals surface area contributed by atoms with Gasteiger partial charge in [-0.15, -0.1) is 0 Å². The molecule has 0 spiro atoms. The summed E-state index contributed by atoms with van der Waals surface area (Å²) in [6.07, 6.45) is 2.44. The van der Waals surface area contributed by atoms with Crippen molar-refractivity contribution >= 4 is 16.9 Å². The molecule has 20 heavy (non-hydrogen) atoms. The van der Waals surface area contributed by atoms with Crippen LogP contribution in [0.15, 0.2) is 24.5 Å². The third-order valence-electron chi connectivity index (χ3n) is 3.67. The van der Waals surface area contributed by atoms with Gasteiger partial charge in [0.05, 0.1) is 17.4 Å². The highest BCUT2D eigenvalue weighted by atomic mass is 16.2. The highest BCUT2D eigenvalue weighted by Crippen LogP contribution is 2.13. The minimum absolute atomic E-state index is 0.0115. The third-order valence-corrected chi connectivity index (χ3v) is 3.67. The molecule has 1 atom stereocenters. The second-order valence-electron chi connectivity index (χ2n) is 5.56. The molecule has 1 unspecified atom stereocenters. The molecular formula is C15H22N4O. The summed E-state index contributed by atoms with van der Waals surface area (Å²) < 4.78 is 0. The number of aromatic amines is 1. The average Bonchev–Trinajstić information content (AvgIpc) is 2.90. The summed E-state index contributed by atoms with van der Waals surface area (Å²) in [6, 6.07) is 5.63. The number of carbonyl (C=O) groups is 1. The van der Waals surface area contributed by atoms with E-state index in [9.17, 15) is 4.79 Å². The molecule has 0 aliphatic carbocycles. The summed E-state index contributed by atoms with van der Waals surface area (Å²) in [5.74, 6) is 0.442. The van der Waals surface area contributed by atoms with E-state index >= 15 is 0 Å². The maximum atomic E-state index is 12.3. The van der Waals surface area contributed by atoms with Crippen LogP contribution >= 0.6 is 0 Å². The van der Waals surface area contributed by atoms with E-state index in [0.717, 1.165) is 17.5 Å². The molecule has 1 heterocycles. The molecular weight excluding hydrogens is 252 g/mol. The van der Waals surface area contributed by atoms with Crippen molar-refractivity contribution in [3.8, 4) is 0 Å². The maximum Gasteiger partial charge on any atom is 0.253 e. The van der Waals surface area contributed by atoms with Crippen LogP contribution < -0.4 is 5.73 Å².